The zero-order valence-corrected chi connectivity index (χ0v) is 16.9. The number of hydrogen-bond donors (Lipinski definition) is 1. The van der Waals surface area contributed by atoms with Crippen molar-refractivity contribution in [2.45, 2.75) is 25.0 Å². The summed E-state index contributed by atoms with van der Waals surface area (Å²) >= 11 is 19.7. The predicted molar refractivity (Wildman–Crippen MR) is 103 cm³/mol. The molecule has 0 radical (unpaired) electrons. The number of thioether (sulfide) groups is 1. The van der Waals surface area contributed by atoms with Crippen molar-refractivity contribution in [2.24, 2.45) is 0 Å². The Balaban J connectivity index is 2.42. The van der Waals surface area contributed by atoms with Gasteiger partial charge < -0.3 is 10.1 Å². The topological polar surface area (TPSA) is 64.1 Å². The molecule has 0 bridgehead atoms. The van der Waals surface area contributed by atoms with Gasteiger partial charge in [-0.2, -0.15) is 0 Å². The lowest BCUT2D eigenvalue weighted by molar-refractivity contribution is 0.0526. The zero-order valence-electron chi connectivity index (χ0n) is 13.8. The van der Waals surface area contributed by atoms with Gasteiger partial charge in [-0.05, 0) is 37.8 Å². The standard InChI is InChI=1S/C16H16Cl3N3O2S/c1-4-24-15(23)12-13(19)21-16(25-3)22-14(12)20-8(2)10-6-5-9(17)7-11(10)18/h5-8H,4H2,1-3H3,(H,20,21,22)/t8-/m1/s1. The number of nitrogens with one attached hydrogen (secondary N) is 1. The Morgan fingerprint density at radius 1 is 1.32 bits per heavy atom. The molecule has 1 N–H and O–H groups in total. The molecule has 5 nitrogen and oxygen atoms in total. The summed E-state index contributed by atoms with van der Waals surface area (Å²) in [6.07, 6.45) is 1.82. The summed E-state index contributed by atoms with van der Waals surface area (Å²) in [7, 11) is 0. The monoisotopic (exact) mass is 419 g/mol. The zero-order chi connectivity index (χ0) is 18.6. The number of carbonyl (C=O) groups excluding carboxylic acids is 1. The average molecular weight is 421 g/mol. The van der Waals surface area contributed by atoms with Crippen molar-refractivity contribution in [2.75, 3.05) is 18.2 Å². The molecule has 25 heavy (non-hydrogen) atoms. The van der Waals surface area contributed by atoms with Gasteiger partial charge in [-0.25, -0.2) is 14.8 Å². The van der Waals surface area contributed by atoms with Crippen LogP contribution in [0.25, 0.3) is 0 Å². The van der Waals surface area contributed by atoms with Crippen LogP contribution in [0, 0.1) is 0 Å². The third-order valence-electron chi connectivity index (χ3n) is 3.29. The highest BCUT2D eigenvalue weighted by atomic mass is 35.5. The maximum atomic E-state index is 12.2. The molecule has 9 heteroatoms. The van der Waals surface area contributed by atoms with Gasteiger partial charge in [0.25, 0.3) is 0 Å². The van der Waals surface area contributed by atoms with Crippen LogP contribution in [0.5, 0.6) is 0 Å². The molecule has 0 amide bonds. The summed E-state index contributed by atoms with van der Waals surface area (Å²) in [5, 5.41) is 4.70. The van der Waals surface area contributed by atoms with Crippen LogP contribution in [0.1, 0.15) is 35.8 Å². The highest BCUT2D eigenvalue weighted by Crippen LogP contribution is 2.31. The number of hydrogen-bond acceptors (Lipinski definition) is 6. The van der Waals surface area contributed by atoms with Crippen LogP contribution in [0.3, 0.4) is 0 Å². The van der Waals surface area contributed by atoms with E-state index in [1.807, 2.05) is 19.2 Å². The van der Waals surface area contributed by atoms with Gasteiger partial charge in [0.15, 0.2) is 5.16 Å². The number of anilines is 1. The van der Waals surface area contributed by atoms with Crippen LogP contribution in [0.4, 0.5) is 5.82 Å². The molecule has 1 atom stereocenters. The van der Waals surface area contributed by atoms with E-state index >= 15 is 0 Å². The van der Waals surface area contributed by atoms with Crippen LogP contribution < -0.4 is 5.32 Å². The molecule has 1 aromatic heterocycles. The minimum absolute atomic E-state index is 0.0368. The van der Waals surface area contributed by atoms with Crippen molar-refractivity contribution in [3.05, 3.63) is 44.5 Å². The van der Waals surface area contributed by atoms with E-state index in [-0.39, 0.29) is 23.4 Å². The second-order valence-electron chi connectivity index (χ2n) is 4.98. The Morgan fingerprint density at radius 2 is 2.04 bits per heavy atom. The van der Waals surface area contributed by atoms with Crippen molar-refractivity contribution in [3.63, 3.8) is 0 Å². The average Bonchev–Trinajstić information content (AvgIpc) is 2.54. The minimum atomic E-state index is -0.586. The fraction of sp³-hybridized carbons (Fsp3) is 0.312. The van der Waals surface area contributed by atoms with E-state index in [0.29, 0.717) is 21.0 Å². The minimum Gasteiger partial charge on any atom is -0.462 e. The van der Waals surface area contributed by atoms with E-state index < -0.39 is 5.97 Å². The van der Waals surface area contributed by atoms with Crippen LogP contribution in [0.2, 0.25) is 15.2 Å². The molecular weight excluding hydrogens is 405 g/mol. The van der Waals surface area contributed by atoms with Crippen molar-refractivity contribution < 1.29 is 9.53 Å². The van der Waals surface area contributed by atoms with Gasteiger partial charge in [-0.1, -0.05) is 52.6 Å². The highest BCUT2D eigenvalue weighted by molar-refractivity contribution is 7.98. The van der Waals surface area contributed by atoms with E-state index in [1.54, 1.807) is 19.1 Å². The lowest BCUT2D eigenvalue weighted by Crippen LogP contribution is -2.16. The number of esters is 1. The molecular formula is C16H16Cl3N3O2S. The van der Waals surface area contributed by atoms with Crippen molar-refractivity contribution in [1.29, 1.82) is 0 Å². The molecule has 1 aromatic carbocycles. The molecule has 0 unspecified atom stereocenters. The molecule has 134 valence electrons. The van der Waals surface area contributed by atoms with Gasteiger partial charge in [0, 0.05) is 10.0 Å². The number of halogens is 3. The molecule has 2 rings (SSSR count). The van der Waals surface area contributed by atoms with Crippen molar-refractivity contribution >= 4 is 58.4 Å². The van der Waals surface area contributed by atoms with E-state index in [1.165, 1.54) is 11.8 Å². The van der Waals surface area contributed by atoms with Gasteiger partial charge in [-0.15, -0.1) is 0 Å². The van der Waals surface area contributed by atoms with Crippen LogP contribution in [-0.2, 0) is 4.74 Å². The van der Waals surface area contributed by atoms with Crippen LogP contribution >= 0.6 is 46.6 Å². The fourth-order valence-electron chi connectivity index (χ4n) is 2.13. The summed E-state index contributed by atoms with van der Waals surface area (Å²) in [6.45, 7) is 3.82. The van der Waals surface area contributed by atoms with Gasteiger partial charge in [0.2, 0.25) is 0 Å². The molecule has 1 heterocycles. The Hall–Kier alpha value is -1.21. The van der Waals surface area contributed by atoms with Crippen molar-refractivity contribution in [3.8, 4) is 0 Å². The third kappa shape index (κ3) is 4.91. The van der Waals surface area contributed by atoms with Gasteiger partial charge >= 0.3 is 5.97 Å². The van der Waals surface area contributed by atoms with Crippen LogP contribution in [-0.4, -0.2) is 28.8 Å². The Kier molecular flexibility index (Phi) is 7.19. The second kappa shape index (κ2) is 8.94. The number of carbonyl (C=O) groups is 1. The molecule has 0 aliphatic carbocycles. The Morgan fingerprint density at radius 3 is 2.64 bits per heavy atom. The molecule has 0 spiro atoms. The molecule has 0 fully saturated rings. The number of aromatic nitrogens is 2. The molecule has 0 saturated carbocycles. The maximum absolute atomic E-state index is 12.2. The number of rotatable bonds is 6. The first kappa shape index (κ1) is 20.1. The number of benzene rings is 1. The summed E-state index contributed by atoms with van der Waals surface area (Å²) in [5.74, 6) is -0.293. The quantitative estimate of drug-likeness (QED) is 0.288. The van der Waals surface area contributed by atoms with Gasteiger partial charge in [0.05, 0.1) is 12.6 Å². The molecule has 0 aliphatic heterocycles. The molecule has 0 saturated heterocycles. The lowest BCUT2D eigenvalue weighted by Gasteiger charge is -2.19. The first-order valence-corrected chi connectivity index (χ1v) is 9.73. The summed E-state index contributed by atoms with van der Waals surface area (Å²) in [6, 6.07) is 4.96. The van der Waals surface area contributed by atoms with E-state index in [9.17, 15) is 4.79 Å². The smallest absolute Gasteiger partial charge is 0.345 e. The fourth-order valence-corrected chi connectivity index (χ4v) is 3.36. The Labute approximate surface area is 165 Å². The normalized spacial score (nSPS) is 11.9. The predicted octanol–water partition coefficient (Wildman–Crippen LogP) is 5.51. The summed E-state index contributed by atoms with van der Waals surface area (Å²) in [5.41, 5.74) is 0.902. The first-order chi connectivity index (χ1) is 11.9. The number of nitrogens with zero attached hydrogens (tertiary/aromatic N) is 2. The van der Waals surface area contributed by atoms with E-state index in [4.69, 9.17) is 39.5 Å². The van der Waals surface area contributed by atoms with E-state index in [2.05, 4.69) is 15.3 Å². The largest absolute Gasteiger partial charge is 0.462 e. The number of ether oxygens (including phenoxy) is 1. The molecule has 0 aliphatic rings. The Bertz CT molecular complexity index is 789. The summed E-state index contributed by atoms with van der Waals surface area (Å²) < 4.78 is 5.06. The third-order valence-corrected chi connectivity index (χ3v) is 4.67. The van der Waals surface area contributed by atoms with Crippen molar-refractivity contribution in [1.82, 2.24) is 9.97 Å². The molecule has 2 aromatic rings. The second-order valence-corrected chi connectivity index (χ2v) is 6.95. The lowest BCUT2D eigenvalue weighted by atomic mass is 10.1. The van der Waals surface area contributed by atoms with Gasteiger partial charge in [0.1, 0.15) is 16.5 Å². The van der Waals surface area contributed by atoms with Crippen LogP contribution in [0.15, 0.2) is 23.4 Å². The highest BCUT2D eigenvalue weighted by Gasteiger charge is 2.23. The van der Waals surface area contributed by atoms with Gasteiger partial charge in [-0.3, -0.25) is 0 Å². The first-order valence-electron chi connectivity index (χ1n) is 7.37. The SMILES string of the molecule is CCOC(=O)c1c(Cl)nc(SC)nc1N[C@H](C)c1ccc(Cl)cc1Cl. The maximum Gasteiger partial charge on any atom is 0.345 e. The summed E-state index contributed by atoms with van der Waals surface area (Å²) in [4.78, 5) is 20.7. The van der Waals surface area contributed by atoms with E-state index in [0.717, 1.165) is 5.56 Å².